The largest absolute Gasteiger partial charge is 0.329 e. The third kappa shape index (κ3) is 4.16. The summed E-state index contributed by atoms with van der Waals surface area (Å²) in [5, 5.41) is 2.12. The monoisotopic (exact) mass is 274 g/mol. The number of hydrogen-bond acceptors (Lipinski definition) is 3. The number of nitrogens with two attached hydrogens (primary N) is 1. The van der Waals surface area contributed by atoms with Gasteiger partial charge >= 0.3 is 0 Å². The molecule has 0 aliphatic heterocycles. The molecule has 0 aliphatic carbocycles. The first-order chi connectivity index (χ1) is 9.31. The van der Waals surface area contributed by atoms with E-state index in [-0.39, 0.29) is 0 Å². The maximum absolute atomic E-state index is 5.91. The van der Waals surface area contributed by atoms with Crippen molar-refractivity contribution in [1.82, 2.24) is 4.90 Å². The summed E-state index contributed by atoms with van der Waals surface area (Å²) in [5.74, 6) is 0. The van der Waals surface area contributed by atoms with Crippen LogP contribution in [0.1, 0.15) is 22.9 Å². The van der Waals surface area contributed by atoms with Crippen LogP contribution in [0, 0.1) is 0 Å². The number of benzene rings is 1. The smallest absolute Gasteiger partial charge is 0.0561 e. The molecule has 0 radical (unpaired) electrons. The molecule has 1 heterocycles. The lowest BCUT2D eigenvalue weighted by Crippen LogP contribution is -2.30. The second-order valence-corrected chi connectivity index (χ2v) is 5.82. The molecule has 0 bridgehead atoms. The Bertz CT molecular complexity index is 453. The highest BCUT2D eigenvalue weighted by Gasteiger charge is 2.15. The zero-order valence-electron chi connectivity index (χ0n) is 11.5. The standard InChI is InChI=1S/C16H22N2S/c1-18(15(13-17)16-10-6-12-19-16)11-5-9-14-7-3-2-4-8-14/h2-4,6-8,10,12,15H,5,9,11,13,17H2,1H3. The van der Waals surface area contributed by atoms with Gasteiger partial charge in [0.05, 0.1) is 6.04 Å². The lowest BCUT2D eigenvalue weighted by atomic mass is 10.1. The van der Waals surface area contributed by atoms with Gasteiger partial charge in [-0.05, 0) is 43.4 Å². The summed E-state index contributed by atoms with van der Waals surface area (Å²) >= 11 is 1.79. The number of rotatable bonds is 7. The van der Waals surface area contributed by atoms with Gasteiger partial charge in [0.2, 0.25) is 0 Å². The van der Waals surface area contributed by atoms with Crippen LogP contribution in [0.4, 0.5) is 0 Å². The fourth-order valence-corrected chi connectivity index (χ4v) is 3.23. The molecule has 1 unspecified atom stereocenters. The quantitative estimate of drug-likeness (QED) is 0.839. The molecule has 102 valence electrons. The van der Waals surface area contributed by atoms with Crippen LogP contribution in [0.3, 0.4) is 0 Å². The van der Waals surface area contributed by atoms with E-state index in [4.69, 9.17) is 5.73 Å². The van der Waals surface area contributed by atoms with Gasteiger partial charge < -0.3 is 5.73 Å². The Kier molecular flexibility index (Phi) is 5.58. The van der Waals surface area contributed by atoms with Crippen LogP contribution in [0.5, 0.6) is 0 Å². The van der Waals surface area contributed by atoms with E-state index in [2.05, 4.69) is 59.8 Å². The van der Waals surface area contributed by atoms with E-state index in [1.54, 1.807) is 11.3 Å². The van der Waals surface area contributed by atoms with E-state index in [1.165, 1.54) is 16.9 Å². The molecule has 0 spiro atoms. The first kappa shape index (κ1) is 14.3. The molecule has 2 aromatic rings. The first-order valence-corrected chi connectivity index (χ1v) is 7.67. The minimum atomic E-state index is 0.357. The molecular formula is C16H22N2S. The minimum absolute atomic E-state index is 0.357. The average molecular weight is 274 g/mol. The van der Waals surface area contributed by atoms with Gasteiger partial charge in [-0.3, -0.25) is 4.90 Å². The number of likely N-dealkylation sites (N-methyl/N-ethyl adjacent to an activating group) is 1. The highest BCUT2D eigenvalue weighted by Crippen LogP contribution is 2.23. The number of aryl methyl sites for hydroxylation is 1. The van der Waals surface area contributed by atoms with Crippen molar-refractivity contribution in [3.05, 3.63) is 58.3 Å². The number of thiophene rings is 1. The SMILES string of the molecule is CN(CCCc1ccccc1)C(CN)c1cccs1. The molecule has 0 amide bonds. The highest BCUT2D eigenvalue weighted by atomic mass is 32.1. The minimum Gasteiger partial charge on any atom is -0.329 e. The third-order valence-electron chi connectivity index (χ3n) is 3.45. The van der Waals surface area contributed by atoms with Crippen LogP contribution in [0.2, 0.25) is 0 Å². The van der Waals surface area contributed by atoms with Gasteiger partial charge in [0, 0.05) is 11.4 Å². The van der Waals surface area contributed by atoms with Gasteiger partial charge in [0.15, 0.2) is 0 Å². The van der Waals surface area contributed by atoms with Crippen LogP contribution in [-0.4, -0.2) is 25.0 Å². The van der Waals surface area contributed by atoms with Gasteiger partial charge in [0.25, 0.3) is 0 Å². The second-order valence-electron chi connectivity index (χ2n) is 4.84. The Balaban J connectivity index is 1.82. The van der Waals surface area contributed by atoms with Crippen molar-refractivity contribution in [3.8, 4) is 0 Å². The summed E-state index contributed by atoms with van der Waals surface area (Å²) in [6.45, 7) is 1.76. The lowest BCUT2D eigenvalue weighted by Gasteiger charge is -2.26. The first-order valence-electron chi connectivity index (χ1n) is 6.79. The van der Waals surface area contributed by atoms with Crippen molar-refractivity contribution in [2.75, 3.05) is 20.1 Å². The predicted molar refractivity (Wildman–Crippen MR) is 83.5 cm³/mol. The molecule has 1 aromatic heterocycles. The van der Waals surface area contributed by atoms with Crippen molar-refractivity contribution in [2.24, 2.45) is 5.73 Å². The zero-order chi connectivity index (χ0) is 13.5. The van der Waals surface area contributed by atoms with E-state index >= 15 is 0 Å². The fourth-order valence-electron chi connectivity index (χ4n) is 2.33. The van der Waals surface area contributed by atoms with E-state index in [9.17, 15) is 0 Å². The molecule has 0 aliphatic rings. The number of nitrogens with zero attached hydrogens (tertiary/aromatic N) is 1. The molecule has 2 nitrogen and oxygen atoms in total. The van der Waals surface area contributed by atoms with Gasteiger partial charge in [-0.2, -0.15) is 0 Å². The molecule has 2 rings (SSSR count). The topological polar surface area (TPSA) is 29.3 Å². The van der Waals surface area contributed by atoms with Gasteiger partial charge in [-0.15, -0.1) is 11.3 Å². The predicted octanol–water partition coefficient (Wildman–Crippen LogP) is 3.31. The van der Waals surface area contributed by atoms with Gasteiger partial charge in [-0.25, -0.2) is 0 Å². The van der Waals surface area contributed by atoms with Crippen molar-refractivity contribution in [2.45, 2.75) is 18.9 Å². The van der Waals surface area contributed by atoms with Crippen molar-refractivity contribution in [3.63, 3.8) is 0 Å². The van der Waals surface area contributed by atoms with Gasteiger partial charge in [-0.1, -0.05) is 36.4 Å². The van der Waals surface area contributed by atoms with Crippen molar-refractivity contribution in [1.29, 1.82) is 0 Å². The Hall–Kier alpha value is -1.16. The van der Waals surface area contributed by atoms with Crippen molar-refractivity contribution >= 4 is 11.3 Å². The summed E-state index contributed by atoms with van der Waals surface area (Å²) < 4.78 is 0. The Labute approximate surface area is 119 Å². The normalized spacial score (nSPS) is 12.8. The van der Waals surface area contributed by atoms with Crippen LogP contribution < -0.4 is 5.73 Å². The Morgan fingerprint density at radius 1 is 1.16 bits per heavy atom. The summed E-state index contributed by atoms with van der Waals surface area (Å²) in [4.78, 5) is 3.74. The van der Waals surface area contributed by atoms with Crippen LogP contribution in [0.25, 0.3) is 0 Å². The molecule has 0 saturated carbocycles. The molecule has 2 N–H and O–H groups in total. The van der Waals surface area contributed by atoms with E-state index < -0.39 is 0 Å². The molecular weight excluding hydrogens is 252 g/mol. The maximum atomic E-state index is 5.91. The molecule has 1 aromatic carbocycles. The Morgan fingerprint density at radius 3 is 2.58 bits per heavy atom. The average Bonchev–Trinajstić information content (AvgIpc) is 2.95. The summed E-state index contributed by atoms with van der Waals surface area (Å²) in [5.41, 5.74) is 7.33. The Morgan fingerprint density at radius 2 is 1.95 bits per heavy atom. The summed E-state index contributed by atoms with van der Waals surface area (Å²) in [7, 11) is 2.17. The third-order valence-corrected chi connectivity index (χ3v) is 4.42. The maximum Gasteiger partial charge on any atom is 0.0561 e. The summed E-state index contributed by atoms with van der Waals surface area (Å²) in [6, 6.07) is 15.3. The number of hydrogen-bond donors (Lipinski definition) is 1. The molecule has 0 fully saturated rings. The van der Waals surface area contributed by atoms with E-state index in [0.717, 1.165) is 13.0 Å². The fraction of sp³-hybridized carbons (Fsp3) is 0.375. The highest BCUT2D eigenvalue weighted by molar-refractivity contribution is 7.10. The van der Waals surface area contributed by atoms with E-state index in [0.29, 0.717) is 12.6 Å². The van der Waals surface area contributed by atoms with Gasteiger partial charge in [0.1, 0.15) is 0 Å². The molecule has 3 heteroatoms. The second kappa shape index (κ2) is 7.43. The van der Waals surface area contributed by atoms with Crippen LogP contribution >= 0.6 is 11.3 Å². The molecule has 1 atom stereocenters. The molecule has 0 saturated heterocycles. The van der Waals surface area contributed by atoms with E-state index in [1.807, 2.05) is 0 Å². The summed E-state index contributed by atoms with van der Waals surface area (Å²) in [6.07, 6.45) is 2.30. The zero-order valence-corrected chi connectivity index (χ0v) is 12.3. The van der Waals surface area contributed by atoms with Crippen LogP contribution in [0.15, 0.2) is 47.8 Å². The lowest BCUT2D eigenvalue weighted by molar-refractivity contribution is 0.250. The van der Waals surface area contributed by atoms with Crippen LogP contribution in [-0.2, 0) is 6.42 Å². The van der Waals surface area contributed by atoms with Crippen molar-refractivity contribution < 1.29 is 0 Å². The molecule has 19 heavy (non-hydrogen) atoms.